The van der Waals surface area contributed by atoms with E-state index in [1.165, 1.54) is 11.3 Å². The highest BCUT2D eigenvalue weighted by Crippen LogP contribution is 2.23. The first kappa shape index (κ1) is 12.5. The first-order valence-corrected chi connectivity index (χ1v) is 5.93. The summed E-state index contributed by atoms with van der Waals surface area (Å²) in [5.41, 5.74) is 0. The Morgan fingerprint density at radius 3 is 2.67 bits per heavy atom. The molecule has 1 aromatic rings. The fourth-order valence-electron chi connectivity index (χ4n) is 1.27. The van der Waals surface area contributed by atoms with E-state index in [2.05, 4.69) is 0 Å². The van der Waals surface area contributed by atoms with Gasteiger partial charge in [0.15, 0.2) is 0 Å². The van der Waals surface area contributed by atoms with Gasteiger partial charge in [0.2, 0.25) is 0 Å². The minimum atomic E-state index is -0.0732. The number of rotatable bonds is 4. The Morgan fingerprint density at radius 2 is 2.27 bits per heavy atom. The molecule has 0 bridgehead atoms. The van der Waals surface area contributed by atoms with Crippen LogP contribution in [0.4, 0.5) is 0 Å². The Hall–Kier alpha value is -0.580. The van der Waals surface area contributed by atoms with Gasteiger partial charge in [-0.15, -0.1) is 11.3 Å². The molecule has 1 rings (SSSR count). The molecular formula is C10H14ClNO2S. The van der Waals surface area contributed by atoms with E-state index in [-0.39, 0.29) is 18.6 Å². The number of hydrogen-bond acceptors (Lipinski definition) is 3. The van der Waals surface area contributed by atoms with E-state index >= 15 is 0 Å². The summed E-state index contributed by atoms with van der Waals surface area (Å²) in [7, 11) is 0. The second kappa shape index (κ2) is 5.49. The van der Waals surface area contributed by atoms with Crippen LogP contribution < -0.4 is 0 Å². The van der Waals surface area contributed by atoms with Crippen LogP contribution >= 0.6 is 22.9 Å². The zero-order chi connectivity index (χ0) is 11.4. The predicted octanol–water partition coefficient (Wildman–Crippen LogP) is 2.24. The van der Waals surface area contributed by atoms with E-state index in [9.17, 15) is 4.79 Å². The molecule has 0 aromatic carbocycles. The third kappa shape index (κ3) is 3.19. The number of hydrogen-bond donors (Lipinski definition) is 1. The van der Waals surface area contributed by atoms with E-state index in [0.717, 1.165) is 0 Å². The zero-order valence-electron chi connectivity index (χ0n) is 8.74. The van der Waals surface area contributed by atoms with Crippen LogP contribution in [0.3, 0.4) is 0 Å². The van der Waals surface area contributed by atoms with Crippen molar-refractivity contribution in [2.24, 2.45) is 0 Å². The number of carbonyl (C=O) groups is 1. The van der Waals surface area contributed by atoms with Gasteiger partial charge in [-0.05, 0) is 26.0 Å². The van der Waals surface area contributed by atoms with Gasteiger partial charge >= 0.3 is 0 Å². The molecule has 0 saturated heterocycles. The van der Waals surface area contributed by atoms with Crippen molar-refractivity contribution in [3.05, 3.63) is 21.3 Å². The summed E-state index contributed by atoms with van der Waals surface area (Å²) in [6.07, 6.45) is 0. The minimum Gasteiger partial charge on any atom is -0.395 e. The third-order valence-electron chi connectivity index (χ3n) is 2.01. The van der Waals surface area contributed by atoms with Gasteiger partial charge < -0.3 is 10.0 Å². The van der Waals surface area contributed by atoms with Crippen molar-refractivity contribution in [3.63, 3.8) is 0 Å². The fourth-order valence-corrected chi connectivity index (χ4v) is 2.27. The van der Waals surface area contributed by atoms with Gasteiger partial charge in [0.1, 0.15) is 0 Å². The first-order chi connectivity index (χ1) is 7.06. The summed E-state index contributed by atoms with van der Waals surface area (Å²) in [4.78, 5) is 14.2. The predicted molar refractivity (Wildman–Crippen MR) is 62.6 cm³/mol. The second-order valence-corrected chi connectivity index (χ2v) is 5.13. The van der Waals surface area contributed by atoms with Gasteiger partial charge in [0.25, 0.3) is 5.91 Å². The average Bonchev–Trinajstić information content (AvgIpc) is 2.59. The summed E-state index contributed by atoms with van der Waals surface area (Å²) in [6, 6.07) is 3.49. The van der Waals surface area contributed by atoms with Gasteiger partial charge in [-0.25, -0.2) is 0 Å². The van der Waals surface area contributed by atoms with Gasteiger partial charge in [-0.2, -0.15) is 0 Å². The highest BCUT2D eigenvalue weighted by atomic mass is 35.5. The molecule has 84 valence electrons. The van der Waals surface area contributed by atoms with Crippen LogP contribution in [-0.2, 0) is 0 Å². The molecule has 1 heterocycles. The van der Waals surface area contributed by atoms with Crippen LogP contribution in [0.1, 0.15) is 23.5 Å². The Morgan fingerprint density at radius 1 is 1.60 bits per heavy atom. The number of carbonyl (C=O) groups excluding carboxylic acids is 1. The topological polar surface area (TPSA) is 40.5 Å². The molecule has 0 aliphatic heterocycles. The SMILES string of the molecule is CC(C)N(CCO)C(=O)c1ccc(Cl)s1. The molecule has 0 saturated carbocycles. The van der Waals surface area contributed by atoms with Crippen molar-refractivity contribution in [3.8, 4) is 0 Å². The van der Waals surface area contributed by atoms with Crippen LogP contribution in [-0.4, -0.2) is 35.1 Å². The Bertz CT molecular complexity index is 338. The standard InChI is InChI=1S/C10H14ClNO2S/c1-7(2)12(5-6-13)10(14)8-3-4-9(11)15-8/h3-4,7,13H,5-6H2,1-2H3. The number of halogens is 1. The number of amides is 1. The molecule has 0 atom stereocenters. The number of nitrogens with zero attached hydrogens (tertiary/aromatic N) is 1. The summed E-state index contributed by atoms with van der Waals surface area (Å²) >= 11 is 7.02. The molecule has 0 radical (unpaired) electrons. The lowest BCUT2D eigenvalue weighted by molar-refractivity contribution is 0.0670. The maximum absolute atomic E-state index is 12.0. The number of aliphatic hydroxyl groups excluding tert-OH is 1. The lowest BCUT2D eigenvalue weighted by Crippen LogP contribution is -2.38. The third-order valence-corrected chi connectivity index (χ3v) is 3.23. The summed E-state index contributed by atoms with van der Waals surface area (Å²) in [5.74, 6) is -0.0732. The Balaban J connectivity index is 2.80. The molecule has 3 nitrogen and oxygen atoms in total. The number of aliphatic hydroxyl groups is 1. The van der Waals surface area contributed by atoms with Crippen LogP contribution in [0.2, 0.25) is 4.34 Å². The van der Waals surface area contributed by atoms with Crippen LogP contribution in [0, 0.1) is 0 Å². The van der Waals surface area contributed by atoms with E-state index in [4.69, 9.17) is 16.7 Å². The first-order valence-electron chi connectivity index (χ1n) is 4.73. The van der Waals surface area contributed by atoms with E-state index in [1.807, 2.05) is 13.8 Å². The van der Waals surface area contributed by atoms with Crippen molar-refractivity contribution in [1.29, 1.82) is 0 Å². The molecule has 0 aliphatic rings. The van der Waals surface area contributed by atoms with Crippen molar-refractivity contribution in [1.82, 2.24) is 4.90 Å². The van der Waals surface area contributed by atoms with E-state index in [1.54, 1.807) is 17.0 Å². The van der Waals surface area contributed by atoms with Crippen molar-refractivity contribution >= 4 is 28.8 Å². The highest BCUT2D eigenvalue weighted by Gasteiger charge is 2.19. The second-order valence-electron chi connectivity index (χ2n) is 3.42. The molecule has 15 heavy (non-hydrogen) atoms. The average molecular weight is 248 g/mol. The lowest BCUT2D eigenvalue weighted by atomic mass is 10.3. The molecule has 1 aromatic heterocycles. The lowest BCUT2D eigenvalue weighted by Gasteiger charge is -2.25. The van der Waals surface area contributed by atoms with Gasteiger partial charge in [-0.3, -0.25) is 4.79 Å². The van der Waals surface area contributed by atoms with Crippen LogP contribution in [0.25, 0.3) is 0 Å². The molecule has 5 heteroatoms. The zero-order valence-corrected chi connectivity index (χ0v) is 10.3. The molecule has 0 spiro atoms. The van der Waals surface area contributed by atoms with Gasteiger partial charge in [0, 0.05) is 12.6 Å². The fraction of sp³-hybridized carbons (Fsp3) is 0.500. The maximum Gasteiger partial charge on any atom is 0.264 e. The molecule has 1 amide bonds. The smallest absolute Gasteiger partial charge is 0.264 e. The largest absolute Gasteiger partial charge is 0.395 e. The highest BCUT2D eigenvalue weighted by molar-refractivity contribution is 7.17. The van der Waals surface area contributed by atoms with E-state index in [0.29, 0.717) is 15.8 Å². The van der Waals surface area contributed by atoms with Gasteiger partial charge in [-0.1, -0.05) is 11.6 Å². The van der Waals surface area contributed by atoms with Crippen molar-refractivity contribution < 1.29 is 9.90 Å². The Kier molecular flexibility index (Phi) is 4.57. The minimum absolute atomic E-state index is 0.0248. The summed E-state index contributed by atoms with van der Waals surface area (Å²) < 4.78 is 0.603. The normalized spacial score (nSPS) is 10.7. The van der Waals surface area contributed by atoms with Crippen molar-refractivity contribution in [2.75, 3.05) is 13.2 Å². The van der Waals surface area contributed by atoms with Gasteiger partial charge in [0.05, 0.1) is 15.8 Å². The van der Waals surface area contributed by atoms with Crippen molar-refractivity contribution in [2.45, 2.75) is 19.9 Å². The Labute approximate surface area is 98.3 Å². The molecular weight excluding hydrogens is 234 g/mol. The molecule has 0 aliphatic carbocycles. The monoisotopic (exact) mass is 247 g/mol. The van der Waals surface area contributed by atoms with Crippen LogP contribution in [0.5, 0.6) is 0 Å². The van der Waals surface area contributed by atoms with E-state index < -0.39 is 0 Å². The summed E-state index contributed by atoms with van der Waals surface area (Å²) in [5, 5.41) is 8.87. The summed E-state index contributed by atoms with van der Waals surface area (Å²) in [6.45, 7) is 4.17. The molecule has 0 fully saturated rings. The molecule has 1 N–H and O–H groups in total. The quantitative estimate of drug-likeness (QED) is 0.887. The number of thiophene rings is 1. The van der Waals surface area contributed by atoms with Crippen LogP contribution in [0.15, 0.2) is 12.1 Å². The maximum atomic E-state index is 12.0. The molecule has 0 unspecified atom stereocenters.